The molecule has 4 rings (SSSR count). The number of aromatic nitrogens is 2. The highest BCUT2D eigenvalue weighted by atomic mass is 16.5. The number of anilines is 2. The van der Waals surface area contributed by atoms with E-state index in [9.17, 15) is 9.59 Å². The van der Waals surface area contributed by atoms with Gasteiger partial charge in [0.1, 0.15) is 11.6 Å². The first-order valence-corrected chi connectivity index (χ1v) is 10.6. The Balaban J connectivity index is 1.46. The molecule has 2 amide bonds. The Bertz CT molecular complexity index is 1260. The third kappa shape index (κ3) is 5.10. The molecule has 1 aromatic heterocycles. The minimum atomic E-state index is -0.240. The lowest BCUT2D eigenvalue weighted by atomic mass is 10.1. The smallest absolute Gasteiger partial charge is 0.259 e. The van der Waals surface area contributed by atoms with Gasteiger partial charge in [0.2, 0.25) is 0 Å². The first-order valence-electron chi connectivity index (χ1n) is 10.6. The number of amides is 2. The normalized spacial score (nSPS) is 10.5. The van der Waals surface area contributed by atoms with Crippen molar-refractivity contribution < 1.29 is 14.3 Å². The van der Waals surface area contributed by atoms with E-state index in [2.05, 4.69) is 15.7 Å². The fraction of sp³-hybridized carbons (Fsp3) is 0.115. The number of hydrogen-bond donors (Lipinski definition) is 2. The summed E-state index contributed by atoms with van der Waals surface area (Å²) in [6.45, 7) is 2.36. The van der Waals surface area contributed by atoms with Crippen LogP contribution in [0, 0.1) is 0 Å². The van der Waals surface area contributed by atoms with Gasteiger partial charge in [0.05, 0.1) is 17.9 Å². The van der Waals surface area contributed by atoms with Gasteiger partial charge in [0, 0.05) is 29.9 Å². The number of carbonyl (C=O) groups is 2. The van der Waals surface area contributed by atoms with E-state index in [1.54, 1.807) is 42.1 Å². The number of carbonyl (C=O) groups excluding carboxylic acids is 2. The van der Waals surface area contributed by atoms with E-state index >= 15 is 0 Å². The van der Waals surface area contributed by atoms with Gasteiger partial charge in [-0.1, -0.05) is 42.5 Å². The fourth-order valence-corrected chi connectivity index (χ4v) is 3.36. The SMILES string of the molecule is CCOc1ccccc1C(=O)Nc1ccc(-c2cc(NC(=O)c3ccccc3)n(C)n2)cc1. The summed E-state index contributed by atoms with van der Waals surface area (Å²) in [5.74, 6) is 0.697. The molecule has 0 unspecified atom stereocenters. The Morgan fingerprint density at radius 3 is 2.30 bits per heavy atom. The average Bonchev–Trinajstić information content (AvgIpc) is 3.20. The lowest BCUT2D eigenvalue weighted by molar-refractivity contribution is 0.101. The second-order valence-corrected chi connectivity index (χ2v) is 7.32. The number of benzene rings is 3. The Labute approximate surface area is 192 Å². The summed E-state index contributed by atoms with van der Waals surface area (Å²) in [6.07, 6.45) is 0. The van der Waals surface area contributed by atoms with Crippen LogP contribution in [-0.2, 0) is 7.05 Å². The van der Waals surface area contributed by atoms with Crippen LogP contribution in [0.2, 0.25) is 0 Å². The molecular formula is C26H24N4O3. The van der Waals surface area contributed by atoms with Crippen molar-refractivity contribution in [3.8, 4) is 17.0 Å². The maximum absolute atomic E-state index is 12.7. The second kappa shape index (κ2) is 9.82. The summed E-state index contributed by atoms with van der Waals surface area (Å²) in [5, 5.41) is 10.3. The van der Waals surface area contributed by atoms with Crippen LogP contribution in [0.5, 0.6) is 5.75 Å². The van der Waals surface area contributed by atoms with E-state index in [4.69, 9.17) is 4.74 Å². The van der Waals surface area contributed by atoms with Gasteiger partial charge in [0.25, 0.3) is 11.8 Å². The standard InChI is InChI=1S/C26H24N4O3/c1-3-33-23-12-8-7-11-21(23)26(32)27-20-15-13-18(14-16-20)22-17-24(30(2)29-22)28-25(31)19-9-5-4-6-10-19/h4-17H,3H2,1-2H3,(H,27,32)(H,28,31). The maximum Gasteiger partial charge on any atom is 0.259 e. The third-order valence-corrected chi connectivity index (χ3v) is 5.03. The van der Waals surface area contributed by atoms with Crippen LogP contribution in [0.25, 0.3) is 11.3 Å². The molecular weight excluding hydrogens is 416 g/mol. The zero-order chi connectivity index (χ0) is 23.2. The summed E-state index contributed by atoms with van der Waals surface area (Å²) in [6, 6.07) is 25.3. The molecule has 0 saturated carbocycles. The molecule has 1 heterocycles. The molecule has 0 aliphatic heterocycles. The molecule has 3 aromatic carbocycles. The Morgan fingerprint density at radius 2 is 1.58 bits per heavy atom. The monoisotopic (exact) mass is 440 g/mol. The van der Waals surface area contributed by atoms with E-state index in [1.165, 1.54) is 0 Å². The fourth-order valence-electron chi connectivity index (χ4n) is 3.36. The summed E-state index contributed by atoms with van der Waals surface area (Å²) in [4.78, 5) is 25.1. The van der Waals surface area contributed by atoms with Crippen molar-refractivity contribution in [2.75, 3.05) is 17.2 Å². The average molecular weight is 441 g/mol. The Hall–Kier alpha value is -4.39. The van der Waals surface area contributed by atoms with E-state index < -0.39 is 0 Å². The molecule has 7 nitrogen and oxygen atoms in total. The van der Waals surface area contributed by atoms with Crippen molar-refractivity contribution in [1.82, 2.24) is 9.78 Å². The van der Waals surface area contributed by atoms with Gasteiger partial charge in [-0.05, 0) is 43.3 Å². The second-order valence-electron chi connectivity index (χ2n) is 7.32. The van der Waals surface area contributed by atoms with Gasteiger partial charge in [0.15, 0.2) is 0 Å². The van der Waals surface area contributed by atoms with Crippen LogP contribution < -0.4 is 15.4 Å². The van der Waals surface area contributed by atoms with Crippen molar-refractivity contribution in [3.63, 3.8) is 0 Å². The molecule has 0 fully saturated rings. The summed E-state index contributed by atoms with van der Waals surface area (Å²) < 4.78 is 7.16. The van der Waals surface area contributed by atoms with E-state index in [0.717, 1.165) is 5.56 Å². The summed E-state index contributed by atoms with van der Waals surface area (Å²) >= 11 is 0. The van der Waals surface area contributed by atoms with Crippen molar-refractivity contribution in [2.45, 2.75) is 6.92 Å². The first-order chi connectivity index (χ1) is 16.0. The number of para-hydroxylation sites is 1. The summed E-state index contributed by atoms with van der Waals surface area (Å²) in [7, 11) is 1.77. The van der Waals surface area contributed by atoms with Crippen molar-refractivity contribution in [3.05, 3.63) is 96.1 Å². The minimum Gasteiger partial charge on any atom is -0.493 e. The molecule has 0 saturated heterocycles. The van der Waals surface area contributed by atoms with Gasteiger partial charge in [-0.25, -0.2) is 0 Å². The molecule has 166 valence electrons. The van der Waals surface area contributed by atoms with Crippen molar-refractivity contribution in [1.29, 1.82) is 0 Å². The zero-order valence-electron chi connectivity index (χ0n) is 18.4. The number of ether oxygens (including phenoxy) is 1. The van der Waals surface area contributed by atoms with Crippen LogP contribution in [0.4, 0.5) is 11.5 Å². The van der Waals surface area contributed by atoms with E-state index in [-0.39, 0.29) is 11.8 Å². The van der Waals surface area contributed by atoms with Crippen LogP contribution in [0.1, 0.15) is 27.6 Å². The van der Waals surface area contributed by atoms with E-state index in [1.807, 2.05) is 61.5 Å². The first kappa shape index (κ1) is 21.8. The van der Waals surface area contributed by atoms with Gasteiger partial charge >= 0.3 is 0 Å². The van der Waals surface area contributed by atoms with Crippen molar-refractivity contribution >= 4 is 23.3 Å². The number of nitrogens with one attached hydrogen (secondary N) is 2. The molecule has 0 atom stereocenters. The summed E-state index contributed by atoms with van der Waals surface area (Å²) in [5.41, 5.74) is 3.28. The third-order valence-electron chi connectivity index (χ3n) is 5.03. The van der Waals surface area contributed by atoms with Gasteiger partial charge in [-0.15, -0.1) is 0 Å². The number of nitrogens with zero attached hydrogens (tertiary/aromatic N) is 2. The molecule has 2 N–H and O–H groups in total. The van der Waals surface area contributed by atoms with Gasteiger partial charge in [-0.2, -0.15) is 5.10 Å². The lowest BCUT2D eigenvalue weighted by Gasteiger charge is -2.10. The van der Waals surface area contributed by atoms with Crippen LogP contribution in [0.3, 0.4) is 0 Å². The highest BCUT2D eigenvalue weighted by molar-refractivity contribution is 6.06. The van der Waals surface area contributed by atoms with Crippen LogP contribution in [-0.4, -0.2) is 28.2 Å². The molecule has 4 aromatic rings. The van der Waals surface area contributed by atoms with Crippen LogP contribution >= 0.6 is 0 Å². The molecule has 0 aliphatic carbocycles. The predicted octanol–water partition coefficient (Wildman–Crippen LogP) is 4.99. The van der Waals surface area contributed by atoms with Gasteiger partial charge < -0.3 is 15.4 Å². The number of aryl methyl sites for hydroxylation is 1. The largest absolute Gasteiger partial charge is 0.493 e. The quantitative estimate of drug-likeness (QED) is 0.424. The Morgan fingerprint density at radius 1 is 0.879 bits per heavy atom. The molecule has 33 heavy (non-hydrogen) atoms. The number of rotatable bonds is 7. The highest BCUT2D eigenvalue weighted by Gasteiger charge is 2.14. The van der Waals surface area contributed by atoms with Crippen LogP contribution in [0.15, 0.2) is 84.9 Å². The Kier molecular flexibility index (Phi) is 6.50. The van der Waals surface area contributed by atoms with Gasteiger partial charge in [-0.3, -0.25) is 14.3 Å². The highest BCUT2D eigenvalue weighted by Crippen LogP contribution is 2.25. The maximum atomic E-state index is 12.7. The van der Waals surface area contributed by atoms with E-state index in [0.29, 0.717) is 40.7 Å². The molecule has 0 radical (unpaired) electrons. The topological polar surface area (TPSA) is 85.3 Å². The zero-order valence-corrected chi connectivity index (χ0v) is 18.4. The van der Waals surface area contributed by atoms with Crippen molar-refractivity contribution in [2.24, 2.45) is 7.05 Å². The molecule has 0 bridgehead atoms. The molecule has 0 spiro atoms. The molecule has 7 heteroatoms. The number of hydrogen-bond acceptors (Lipinski definition) is 4. The minimum absolute atomic E-state index is 0.199. The predicted molar refractivity (Wildman–Crippen MR) is 129 cm³/mol. The lowest BCUT2D eigenvalue weighted by Crippen LogP contribution is -2.14. The molecule has 0 aliphatic rings.